The molecular formula is C19H21NO. The first-order valence-electron chi connectivity index (χ1n) is 7.54. The second-order valence-electron chi connectivity index (χ2n) is 5.40. The zero-order valence-corrected chi connectivity index (χ0v) is 12.3. The van der Waals surface area contributed by atoms with Crippen molar-refractivity contribution in [3.8, 4) is 5.75 Å². The second kappa shape index (κ2) is 6.49. The van der Waals surface area contributed by atoms with Crippen LogP contribution in [0.5, 0.6) is 5.75 Å². The summed E-state index contributed by atoms with van der Waals surface area (Å²) in [6, 6.07) is 14.9. The molecule has 2 heteroatoms. The molecule has 0 atom stereocenters. The topological polar surface area (TPSA) is 21.3 Å². The van der Waals surface area contributed by atoms with Crippen LogP contribution in [0.4, 0.5) is 5.69 Å². The Morgan fingerprint density at radius 3 is 2.86 bits per heavy atom. The number of anilines is 1. The highest BCUT2D eigenvalue weighted by Gasteiger charge is 2.10. The molecule has 2 aromatic carbocycles. The highest BCUT2D eigenvalue weighted by atomic mass is 16.5. The quantitative estimate of drug-likeness (QED) is 0.794. The highest BCUT2D eigenvalue weighted by Crippen LogP contribution is 2.26. The van der Waals surface area contributed by atoms with E-state index in [0.29, 0.717) is 6.61 Å². The van der Waals surface area contributed by atoms with Crippen LogP contribution in [0.25, 0.3) is 0 Å². The minimum Gasteiger partial charge on any atom is -0.489 e. The number of ether oxygens (including phenoxy) is 1. The first kappa shape index (κ1) is 13.7. The molecule has 1 aliphatic carbocycles. The van der Waals surface area contributed by atoms with Crippen LogP contribution in [0.1, 0.15) is 23.1 Å². The van der Waals surface area contributed by atoms with Crippen molar-refractivity contribution in [3.05, 3.63) is 71.8 Å². The third kappa shape index (κ3) is 3.27. The molecule has 0 unspecified atom stereocenters. The van der Waals surface area contributed by atoms with Crippen LogP contribution in [0.3, 0.4) is 0 Å². The van der Waals surface area contributed by atoms with Gasteiger partial charge in [-0.2, -0.15) is 0 Å². The molecule has 0 saturated heterocycles. The minimum absolute atomic E-state index is 0.538. The van der Waals surface area contributed by atoms with Gasteiger partial charge in [0.15, 0.2) is 0 Å². The number of rotatable bonds is 6. The van der Waals surface area contributed by atoms with E-state index in [0.717, 1.165) is 12.3 Å². The molecule has 2 aromatic rings. The van der Waals surface area contributed by atoms with Crippen LogP contribution in [0.15, 0.2) is 55.1 Å². The maximum atomic E-state index is 5.69. The fourth-order valence-corrected chi connectivity index (χ4v) is 2.82. The molecule has 2 nitrogen and oxygen atoms in total. The fraction of sp³-hybridized carbons (Fsp3) is 0.263. The minimum atomic E-state index is 0.538. The summed E-state index contributed by atoms with van der Waals surface area (Å²) in [5.41, 5.74) is 5.36. The molecule has 108 valence electrons. The van der Waals surface area contributed by atoms with Crippen LogP contribution in [-0.4, -0.2) is 6.61 Å². The van der Waals surface area contributed by atoms with E-state index in [4.69, 9.17) is 4.74 Å². The van der Waals surface area contributed by atoms with E-state index in [-0.39, 0.29) is 0 Å². The number of hydrogen-bond donors (Lipinski definition) is 1. The lowest BCUT2D eigenvalue weighted by Crippen LogP contribution is -2.03. The number of para-hydroxylation sites is 1. The number of aryl methyl sites for hydroxylation is 2. The van der Waals surface area contributed by atoms with E-state index in [9.17, 15) is 0 Å². The lowest BCUT2D eigenvalue weighted by molar-refractivity contribution is 0.359. The monoisotopic (exact) mass is 279 g/mol. The van der Waals surface area contributed by atoms with Crippen LogP contribution in [-0.2, 0) is 19.4 Å². The molecule has 0 spiro atoms. The number of nitrogens with one attached hydrogen (secondary N) is 1. The van der Waals surface area contributed by atoms with Crippen molar-refractivity contribution in [3.63, 3.8) is 0 Å². The predicted molar refractivity (Wildman–Crippen MR) is 87.9 cm³/mol. The first-order valence-corrected chi connectivity index (χ1v) is 7.54. The van der Waals surface area contributed by atoms with Gasteiger partial charge in [-0.1, -0.05) is 36.9 Å². The molecule has 0 aromatic heterocycles. The molecule has 0 aliphatic heterocycles. The normalized spacial score (nSPS) is 12.8. The molecular weight excluding hydrogens is 258 g/mol. The van der Waals surface area contributed by atoms with Crippen LogP contribution < -0.4 is 10.1 Å². The second-order valence-corrected chi connectivity index (χ2v) is 5.40. The highest BCUT2D eigenvalue weighted by molar-refractivity contribution is 5.51. The van der Waals surface area contributed by atoms with Gasteiger partial charge < -0.3 is 10.1 Å². The van der Waals surface area contributed by atoms with E-state index in [1.807, 2.05) is 18.2 Å². The summed E-state index contributed by atoms with van der Waals surface area (Å²) in [5, 5.41) is 3.50. The van der Waals surface area contributed by atoms with Crippen molar-refractivity contribution in [1.29, 1.82) is 0 Å². The standard InChI is InChI=1S/C19H21NO/c1-2-12-21-19-9-4-3-6-17(19)14-20-18-11-10-15-7-5-8-16(15)13-18/h2-4,6,9-11,13,20H,1,5,7-8,12,14H2. The Labute approximate surface area is 126 Å². The zero-order chi connectivity index (χ0) is 14.5. The molecule has 0 heterocycles. The molecule has 0 fully saturated rings. The Hall–Kier alpha value is -2.22. The molecule has 0 bridgehead atoms. The van der Waals surface area contributed by atoms with Gasteiger partial charge in [-0.25, -0.2) is 0 Å². The number of hydrogen-bond acceptors (Lipinski definition) is 2. The van der Waals surface area contributed by atoms with Gasteiger partial charge in [0.05, 0.1) is 0 Å². The third-order valence-corrected chi connectivity index (χ3v) is 3.91. The van der Waals surface area contributed by atoms with Crippen molar-refractivity contribution in [1.82, 2.24) is 0 Å². The molecule has 0 radical (unpaired) electrons. The average molecular weight is 279 g/mol. The van der Waals surface area contributed by atoms with E-state index in [2.05, 4.69) is 36.2 Å². The summed E-state index contributed by atoms with van der Waals surface area (Å²) in [5.74, 6) is 0.922. The lowest BCUT2D eigenvalue weighted by atomic mass is 10.1. The van der Waals surface area contributed by atoms with Gasteiger partial charge in [0.2, 0.25) is 0 Å². The van der Waals surface area contributed by atoms with Crippen molar-refractivity contribution in [2.24, 2.45) is 0 Å². The van der Waals surface area contributed by atoms with E-state index in [1.54, 1.807) is 6.08 Å². The Morgan fingerprint density at radius 1 is 1.10 bits per heavy atom. The summed E-state index contributed by atoms with van der Waals surface area (Å²) in [6.07, 6.45) is 5.50. The molecule has 0 amide bonds. The molecule has 3 rings (SSSR count). The van der Waals surface area contributed by atoms with Gasteiger partial charge in [-0.3, -0.25) is 0 Å². The van der Waals surface area contributed by atoms with Gasteiger partial charge in [0, 0.05) is 17.8 Å². The van der Waals surface area contributed by atoms with Crippen molar-refractivity contribution >= 4 is 5.69 Å². The SMILES string of the molecule is C=CCOc1ccccc1CNc1ccc2c(c1)CCC2. The van der Waals surface area contributed by atoms with Gasteiger partial charge in [0.1, 0.15) is 12.4 Å². The van der Waals surface area contributed by atoms with E-state index >= 15 is 0 Å². The van der Waals surface area contributed by atoms with Crippen molar-refractivity contribution in [2.45, 2.75) is 25.8 Å². The van der Waals surface area contributed by atoms with Crippen LogP contribution in [0, 0.1) is 0 Å². The van der Waals surface area contributed by atoms with Crippen molar-refractivity contribution in [2.75, 3.05) is 11.9 Å². The fourth-order valence-electron chi connectivity index (χ4n) is 2.82. The Kier molecular flexibility index (Phi) is 4.25. The van der Waals surface area contributed by atoms with Gasteiger partial charge in [0.25, 0.3) is 0 Å². The molecule has 21 heavy (non-hydrogen) atoms. The Morgan fingerprint density at radius 2 is 1.95 bits per heavy atom. The van der Waals surface area contributed by atoms with Crippen LogP contribution in [0.2, 0.25) is 0 Å². The molecule has 1 aliphatic rings. The Bertz CT molecular complexity index is 633. The van der Waals surface area contributed by atoms with Crippen molar-refractivity contribution < 1.29 is 4.74 Å². The third-order valence-electron chi connectivity index (χ3n) is 3.91. The van der Waals surface area contributed by atoms with Crippen LogP contribution >= 0.6 is 0 Å². The molecule has 1 N–H and O–H groups in total. The van der Waals surface area contributed by atoms with Gasteiger partial charge >= 0.3 is 0 Å². The maximum Gasteiger partial charge on any atom is 0.124 e. The number of benzene rings is 2. The zero-order valence-electron chi connectivity index (χ0n) is 12.3. The first-order chi connectivity index (χ1) is 10.4. The number of fused-ring (bicyclic) bond motifs is 1. The average Bonchev–Trinajstić information content (AvgIpc) is 2.99. The predicted octanol–water partition coefficient (Wildman–Crippen LogP) is 4.35. The summed E-state index contributed by atoms with van der Waals surface area (Å²) in [4.78, 5) is 0. The summed E-state index contributed by atoms with van der Waals surface area (Å²) < 4.78 is 5.69. The molecule has 0 saturated carbocycles. The largest absolute Gasteiger partial charge is 0.489 e. The summed E-state index contributed by atoms with van der Waals surface area (Å²) in [7, 11) is 0. The smallest absolute Gasteiger partial charge is 0.124 e. The van der Waals surface area contributed by atoms with Gasteiger partial charge in [-0.15, -0.1) is 0 Å². The van der Waals surface area contributed by atoms with E-state index < -0.39 is 0 Å². The summed E-state index contributed by atoms with van der Waals surface area (Å²) in [6.45, 7) is 5.00. The maximum absolute atomic E-state index is 5.69. The van der Waals surface area contributed by atoms with Gasteiger partial charge in [-0.05, 0) is 48.6 Å². The Balaban J connectivity index is 1.68. The lowest BCUT2D eigenvalue weighted by Gasteiger charge is -2.12. The summed E-state index contributed by atoms with van der Waals surface area (Å²) >= 11 is 0. The van der Waals surface area contributed by atoms with E-state index in [1.165, 1.54) is 41.6 Å².